The molecule has 0 bridgehead atoms. The molecule has 2 rings (SSSR count). The minimum Gasteiger partial charge on any atom is -0.373 e. The number of rotatable bonds is 3. The van der Waals surface area contributed by atoms with Crippen molar-refractivity contribution in [3.05, 3.63) is 52.9 Å². The van der Waals surface area contributed by atoms with Crippen LogP contribution in [0.3, 0.4) is 0 Å². The zero-order chi connectivity index (χ0) is 13.8. The summed E-state index contributed by atoms with van der Waals surface area (Å²) in [5.74, 6) is -0.334. The normalized spacial score (nSPS) is 10.1. The molecular formula is C13H11ClFN3O. The fourth-order valence-electron chi connectivity index (χ4n) is 1.47. The third-order valence-electron chi connectivity index (χ3n) is 2.42. The first kappa shape index (κ1) is 13.3. The van der Waals surface area contributed by atoms with E-state index in [1.807, 2.05) is 0 Å². The number of benzene rings is 1. The Bertz CT molecular complexity index is 619. The topological polar surface area (TPSA) is 54.0 Å². The van der Waals surface area contributed by atoms with Gasteiger partial charge in [-0.1, -0.05) is 17.7 Å². The lowest BCUT2D eigenvalue weighted by atomic mass is 10.3. The third kappa shape index (κ3) is 3.20. The van der Waals surface area contributed by atoms with Crippen molar-refractivity contribution in [2.24, 2.45) is 0 Å². The summed E-state index contributed by atoms with van der Waals surface area (Å²) >= 11 is 5.64. The minimum absolute atomic E-state index is 0.0465. The maximum atomic E-state index is 13.0. The van der Waals surface area contributed by atoms with Crippen LogP contribution < -0.4 is 10.6 Å². The Labute approximate surface area is 114 Å². The van der Waals surface area contributed by atoms with E-state index in [0.29, 0.717) is 11.5 Å². The lowest BCUT2D eigenvalue weighted by molar-refractivity contribution is 0.102. The quantitative estimate of drug-likeness (QED) is 0.907. The molecule has 19 heavy (non-hydrogen) atoms. The zero-order valence-electron chi connectivity index (χ0n) is 10.1. The van der Waals surface area contributed by atoms with E-state index < -0.39 is 5.82 Å². The lowest BCUT2D eigenvalue weighted by Gasteiger charge is -2.06. The van der Waals surface area contributed by atoms with Crippen molar-refractivity contribution in [1.82, 2.24) is 4.98 Å². The van der Waals surface area contributed by atoms with E-state index in [1.54, 1.807) is 25.2 Å². The average molecular weight is 280 g/mol. The van der Waals surface area contributed by atoms with E-state index in [0.717, 1.165) is 0 Å². The Balaban J connectivity index is 2.18. The first-order valence-corrected chi connectivity index (χ1v) is 5.89. The van der Waals surface area contributed by atoms with Crippen LogP contribution in [0, 0.1) is 5.82 Å². The molecule has 1 heterocycles. The standard InChI is InChI=1S/C13H11ClFN3O/c1-16-12-4-2-3-11(18-12)13(19)17-8-5-6-10(15)9(14)7-8/h2-7H,1H3,(H,16,18)(H,17,19). The van der Waals surface area contributed by atoms with Crippen molar-refractivity contribution >= 4 is 29.0 Å². The Kier molecular flexibility index (Phi) is 3.97. The predicted molar refractivity (Wildman–Crippen MR) is 73.1 cm³/mol. The molecule has 0 aliphatic rings. The summed E-state index contributed by atoms with van der Waals surface area (Å²) < 4.78 is 13.0. The van der Waals surface area contributed by atoms with Crippen molar-refractivity contribution in [2.45, 2.75) is 0 Å². The fraction of sp³-hybridized carbons (Fsp3) is 0.0769. The maximum absolute atomic E-state index is 13.0. The minimum atomic E-state index is -0.532. The molecule has 6 heteroatoms. The summed E-state index contributed by atoms with van der Waals surface area (Å²) in [6, 6.07) is 9.01. The Morgan fingerprint density at radius 1 is 1.32 bits per heavy atom. The maximum Gasteiger partial charge on any atom is 0.274 e. The number of amides is 1. The van der Waals surface area contributed by atoms with Crippen LogP contribution in [0.25, 0.3) is 0 Å². The van der Waals surface area contributed by atoms with Gasteiger partial charge in [-0.15, -0.1) is 0 Å². The highest BCUT2D eigenvalue weighted by Gasteiger charge is 2.09. The van der Waals surface area contributed by atoms with Gasteiger partial charge in [-0.25, -0.2) is 9.37 Å². The molecule has 0 aliphatic carbocycles. The second-order valence-electron chi connectivity index (χ2n) is 3.74. The van der Waals surface area contributed by atoms with Crippen LogP contribution in [0.1, 0.15) is 10.5 Å². The number of pyridine rings is 1. The molecule has 0 atom stereocenters. The van der Waals surface area contributed by atoms with Crippen molar-refractivity contribution in [3.8, 4) is 0 Å². The van der Waals surface area contributed by atoms with E-state index in [1.165, 1.54) is 18.2 Å². The molecule has 0 radical (unpaired) electrons. The first-order valence-electron chi connectivity index (χ1n) is 5.51. The van der Waals surface area contributed by atoms with Gasteiger partial charge in [0.1, 0.15) is 17.3 Å². The molecule has 0 aliphatic heterocycles. The molecule has 0 unspecified atom stereocenters. The van der Waals surface area contributed by atoms with Crippen LogP contribution in [0.15, 0.2) is 36.4 Å². The Morgan fingerprint density at radius 3 is 2.79 bits per heavy atom. The van der Waals surface area contributed by atoms with Gasteiger partial charge < -0.3 is 10.6 Å². The summed E-state index contributed by atoms with van der Waals surface area (Å²) in [5.41, 5.74) is 0.667. The summed E-state index contributed by atoms with van der Waals surface area (Å²) in [6.07, 6.45) is 0. The Morgan fingerprint density at radius 2 is 2.11 bits per heavy atom. The number of nitrogens with zero attached hydrogens (tertiary/aromatic N) is 1. The highest BCUT2D eigenvalue weighted by Crippen LogP contribution is 2.19. The van der Waals surface area contributed by atoms with Crippen molar-refractivity contribution in [2.75, 3.05) is 17.7 Å². The van der Waals surface area contributed by atoms with E-state index >= 15 is 0 Å². The highest BCUT2D eigenvalue weighted by molar-refractivity contribution is 6.31. The lowest BCUT2D eigenvalue weighted by Crippen LogP contribution is -2.14. The van der Waals surface area contributed by atoms with Gasteiger partial charge in [-0.05, 0) is 30.3 Å². The number of carbonyl (C=O) groups excluding carboxylic acids is 1. The van der Waals surface area contributed by atoms with Crippen LogP contribution in [-0.4, -0.2) is 17.9 Å². The van der Waals surface area contributed by atoms with Crippen molar-refractivity contribution in [1.29, 1.82) is 0 Å². The van der Waals surface area contributed by atoms with Gasteiger partial charge in [0.25, 0.3) is 5.91 Å². The molecule has 0 saturated carbocycles. The molecule has 98 valence electrons. The highest BCUT2D eigenvalue weighted by atomic mass is 35.5. The third-order valence-corrected chi connectivity index (χ3v) is 2.70. The number of hydrogen-bond donors (Lipinski definition) is 2. The van der Waals surface area contributed by atoms with E-state index in [2.05, 4.69) is 15.6 Å². The number of aromatic nitrogens is 1. The van der Waals surface area contributed by atoms with Crippen LogP contribution in [0.4, 0.5) is 15.9 Å². The van der Waals surface area contributed by atoms with Crippen LogP contribution >= 0.6 is 11.6 Å². The molecule has 1 aromatic carbocycles. The number of carbonyl (C=O) groups is 1. The fourth-order valence-corrected chi connectivity index (χ4v) is 1.65. The molecule has 2 aromatic rings. The van der Waals surface area contributed by atoms with Gasteiger partial charge >= 0.3 is 0 Å². The second kappa shape index (κ2) is 5.67. The summed E-state index contributed by atoms with van der Waals surface area (Å²) in [6.45, 7) is 0. The second-order valence-corrected chi connectivity index (χ2v) is 4.15. The number of hydrogen-bond acceptors (Lipinski definition) is 3. The SMILES string of the molecule is CNc1cccc(C(=O)Nc2ccc(F)c(Cl)c2)n1. The number of nitrogens with one attached hydrogen (secondary N) is 2. The molecule has 0 saturated heterocycles. The Hall–Kier alpha value is -2.14. The monoisotopic (exact) mass is 279 g/mol. The van der Waals surface area contributed by atoms with Gasteiger partial charge in [-0.3, -0.25) is 4.79 Å². The van der Waals surface area contributed by atoms with Crippen molar-refractivity contribution < 1.29 is 9.18 Å². The zero-order valence-corrected chi connectivity index (χ0v) is 10.8. The predicted octanol–water partition coefficient (Wildman–Crippen LogP) is 3.17. The summed E-state index contributed by atoms with van der Waals surface area (Å²) in [5, 5.41) is 5.39. The summed E-state index contributed by atoms with van der Waals surface area (Å²) in [7, 11) is 1.71. The average Bonchev–Trinajstić information content (AvgIpc) is 2.43. The number of halogens is 2. The first-order chi connectivity index (χ1) is 9.10. The molecule has 0 fully saturated rings. The van der Waals surface area contributed by atoms with Gasteiger partial charge in [0.05, 0.1) is 5.02 Å². The smallest absolute Gasteiger partial charge is 0.274 e. The van der Waals surface area contributed by atoms with Gasteiger partial charge in [-0.2, -0.15) is 0 Å². The van der Waals surface area contributed by atoms with E-state index in [-0.39, 0.29) is 16.6 Å². The molecule has 1 amide bonds. The van der Waals surface area contributed by atoms with Crippen LogP contribution in [0.2, 0.25) is 5.02 Å². The van der Waals surface area contributed by atoms with Crippen LogP contribution in [0.5, 0.6) is 0 Å². The van der Waals surface area contributed by atoms with E-state index in [9.17, 15) is 9.18 Å². The van der Waals surface area contributed by atoms with Crippen LogP contribution in [-0.2, 0) is 0 Å². The van der Waals surface area contributed by atoms with Gasteiger partial charge in [0.2, 0.25) is 0 Å². The van der Waals surface area contributed by atoms with Crippen molar-refractivity contribution in [3.63, 3.8) is 0 Å². The molecule has 0 spiro atoms. The van der Waals surface area contributed by atoms with E-state index in [4.69, 9.17) is 11.6 Å². The summed E-state index contributed by atoms with van der Waals surface area (Å²) in [4.78, 5) is 16.0. The molecular weight excluding hydrogens is 269 g/mol. The van der Waals surface area contributed by atoms with Gasteiger partial charge in [0.15, 0.2) is 0 Å². The molecule has 2 N–H and O–H groups in total. The molecule has 1 aromatic heterocycles. The molecule has 4 nitrogen and oxygen atoms in total. The van der Waals surface area contributed by atoms with Gasteiger partial charge in [0, 0.05) is 12.7 Å². The largest absolute Gasteiger partial charge is 0.373 e. The number of anilines is 2.